The molecule has 3 N–H and O–H groups in total. The topological polar surface area (TPSA) is 46.2 Å². The predicted molar refractivity (Wildman–Crippen MR) is 57.5 cm³/mol. The van der Waals surface area contributed by atoms with Crippen molar-refractivity contribution in [1.29, 1.82) is 0 Å². The second-order valence-electron chi connectivity index (χ2n) is 3.44. The number of rotatable bonds is 2. The van der Waals surface area contributed by atoms with Gasteiger partial charge in [0.25, 0.3) is 0 Å². The molecule has 0 aromatic heterocycles. The molecular weight excluding hydrogens is 230 g/mol. The van der Waals surface area contributed by atoms with Gasteiger partial charge in [0, 0.05) is 11.0 Å². The number of halogens is 1. The van der Waals surface area contributed by atoms with Gasteiger partial charge in [-0.05, 0) is 31.0 Å². The second-order valence-corrected chi connectivity index (χ2v) is 4.30. The molecule has 0 aliphatic rings. The highest BCUT2D eigenvalue weighted by atomic mass is 79.9. The minimum atomic E-state index is -0.925. The van der Waals surface area contributed by atoms with Gasteiger partial charge in [0.15, 0.2) is 0 Å². The third kappa shape index (κ3) is 2.30. The number of hydrogen-bond donors (Lipinski definition) is 2. The van der Waals surface area contributed by atoms with Crippen molar-refractivity contribution in [1.82, 2.24) is 0 Å². The molecule has 0 aliphatic heterocycles. The molecule has 0 fully saturated rings. The van der Waals surface area contributed by atoms with Gasteiger partial charge in [-0.2, -0.15) is 0 Å². The highest BCUT2D eigenvalue weighted by Gasteiger charge is 2.20. The quantitative estimate of drug-likeness (QED) is 0.834. The van der Waals surface area contributed by atoms with Crippen molar-refractivity contribution in [3.05, 3.63) is 33.8 Å². The van der Waals surface area contributed by atoms with Gasteiger partial charge in [-0.25, -0.2) is 0 Å². The molecule has 13 heavy (non-hydrogen) atoms. The predicted octanol–water partition coefficient (Wildman–Crippen LogP) is 1.92. The van der Waals surface area contributed by atoms with Crippen LogP contribution < -0.4 is 5.73 Å². The minimum Gasteiger partial charge on any atom is -0.384 e. The van der Waals surface area contributed by atoms with E-state index in [1.807, 2.05) is 25.1 Å². The van der Waals surface area contributed by atoms with Crippen LogP contribution >= 0.6 is 15.9 Å². The fourth-order valence-electron chi connectivity index (χ4n) is 1.10. The maximum absolute atomic E-state index is 9.87. The Labute approximate surface area is 86.9 Å². The molecule has 0 bridgehead atoms. The van der Waals surface area contributed by atoms with E-state index in [1.54, 1.807) is 6.92 Å². The highest BCUT2D eigenvalue weighted by Crippen LogP contribution is 2.24. The van der Waals surface area contributed by atoms with Gasteiger partial charge in [0.1, 0.15) is 0 Å². The summed E-state index contributed by atoms with van der Waals surface area (Å²) >= 11 is 3.41. The van der Waals surface area contributed by atoms with Crippen LogP contribution in [-0.4, -0.2) is 11.7 Å². The van der Waals surface area contributed by atoms with E-state index in [0.29, 0.717) is 0 Å². The fourth-order valence-corrected chi connectivity index (χ4v) is 1.34. The smallest absolute Gasteiger partial charge is 0.0990 e. The molecular formula is C10H14BrNO. The highest BCUT2D eigenvalue weighted by molar-refractivity contribution is 9.10. The van der Waals surface area contributed by atoms with E-state index in [1.165, 1.54) is 0 Å². The molecule has 0 heterocycles. The van der Waals surface area contributed by atoms with Crippen LogP contribution in [0.1, 0.15) is 18.1 Å². The maximum Gasteiger partial charge on any atom is 0.0990 e. The lowest BCUT2D eigenvalue weighted by molar-refractivity contribution is 0.0667. The molecule has 72 valence electrons. The summed E-state index contributed by atoms with van der Waals surface area (Å²) in [7, 11) is 0. The Morgan fingerprint density at radius 1 is 1.54 bits per heavy atom. The Bertz CT molecular complexity index is 310. The summed E-state index contributed by atoms with van der Waals surface area (Å²) in [5, 5.41) is 9.87. The average Bonchev–Trinajstić information content (AvgIpc) is 2.09. The number of nitrogens with two attached hydrogens (primary N) is 1. The second kappa shape index (κ2) is 3.78. The Kier molecular flexibility index (Phi) is 3.11. The lowest BCUT2D eigenvalue weighted by Gasteiger charge is -2.22. The first kappa shape index (κ1) is 10.7. The zero-order chi connectivity index (χ0) is 10.1. The molecule has 1 atom stereocenters. The summed E-state index contributed by atoms with van der Waals surface area (Å²) in [4.78, 5) is 0. The van der Waals surface area contributed by atoms with Crippen LogP contribution in [0.25, 0.3) is 0 Å². The normalized spacial score (nSPS) is 15.5. The van der Waals surface area contributed by atoms with E-state index in [4.69, 9.17) is 5.73 Å². The first-order chi connectivity index (χ1) is 5.97. The van der Waals surface area contributed by atoms with Crippen molar-refractivity contribution in [2.45, 2.75) is 19.4 Å². The summed E-state index contributed by atoms with van der Waals surface area (Å²) in [6.07, 6.45) is 0. The first-order valence-corrected chi connectivity index (χ1v) is 4.96. The van der Waals surface area contributed by atoms with Crippen molar-refractivity contribution >= 4 is 15.9 Å². The molecule has 0 amide bonds. The lowest BCUT2D eigenvalue weighted by atomic mass is 9.95. The van der Waals surface area contributed by atoms with Crippen molar-refractivity contribution in [2.75, 3.05) is 6.54 Å². The Hall–Kier alpha value is -0.380. The SMILES string of the molecule is Cc1cc(C(C)(O)CN)ccc1Br. The molecule has 0 radical (unpaired) electrons. The van der Waals surface area contributed by atoms with Gasteiger partial charge in [-0.15, -0.1) is 0 Å². The minimum absolute atomic E-state index is 0.230. The molecule has 1 aromatic carbocycles. The lowest BCUT2D eigenvalue weighted by Crippen LogP contribution is -2.31. The van der Waals surface area contributed by atoms with E-state index >= 15 is 0 Å². The Morgan fingerprint density at radius 3 is 2.62 bits per heavy atom. The first-order valence-electron chi connectivity index (χ1n) is 4.16. The van der Waals surface area contributed by atoms with Crippen molar-refractivity contribution in [2.24, 2.45) is 5.73 Å². The molecule has 1 rings (SSSR count). The molecule has 0 saturated heterocycles. The maximum atomic E-state index is 9.87. The van der Waals surface area contributed by atoms with Crippen LogP contribution in [-0.2, 0) is 5.60 Å². The van der Waals surface area contributed by atoms with Gasteiger partial charge in [0.2, 0.25) is 0 Å². The monoisotopic (exact) mass is 243 g/mol. The molecule has 1 aromatic rings. The summed E-state index contributed by atoms with van der Waals surface area (Å²) in [6, 6.07) is 5.75. The summed E-state index contributed by atoms with van der Waals surface area (Å²) in [5.41, 5.74) is 6.50. The number of benzene rings is 1. The average molecular weight is 244 g/mol. The largest absolute Gasteiger partial charge is 0.384 e. The molecule has 0 aliphatic carbocycles. The van der Waals surface area contributed by atoms with Crippen molar-refractivity contribution in [3.8, 4) is 0 Å². The van der Waals surface area contributed by atoms with Gasteiger partial charge in [-0.3, -0.25) is 0 Å². The fraction of sp³-hybridized carbons (Fsp3) is 0.400. The van der Waals surface area contributed by atoms with Crippen LogP contribution in [0.2, 0.25) is 0 Å². The summed E-state index contributed by atoms with van der Waals surface area (Å²) in [5.74, 6) is 0. The van der Waals surface area contributed by atoms with Gasteiger partial charge >= 0.3 is 0 Å². The molecule has 0 spiro atoms. The molecule has 3 heteroatoms. The summed E-state index contributed by atoms with van der Waals surface area (Å²) in [6.45, 7) is 3.93. The number of aliphatic hydroxyl groups is 1. The van der Waals surface area contributed by atoms with E-state index < -0.39 is 5.60 Å². The molecule has 0 saturated carbocycles. The third-order valence-electron chi connectivity index (χ3n) is 2.18. The van der Waals surface area contributed by atoms with Crippen LogP contribution in [0.5, 0.6) is 0 Å². The van der Waals surface area contributed by atoms with E-state index in [-0.39, 0.29) is 6.54 Å². The van der Waals surface area contributed by atoms with Gasteiger partial charge in [0.05, 0.1) is 5.60 Å². The number of aryl methyl sites for hydroxylation is 1. The van der Waals surface area contributed by atoms with Crippen LogP contribution in [0.4, 0.5) is 0 Å². The van der Waals surface area contributed by atoms with E-state index in [0.717, 1.165) is 15.6 Å². The van der Waals surface area contributed by atoms with Crippen molar-refractivity contribution in [3.63, 3.8) is 0 Å². The van der Waals surface area contributed by atoms with Crippen LogP contribution in [0.15, 0.2) is 22.7 Å². The number of hydrogen-bond acceptors (Lipinski definition) is 2. The van der Waals surface area contributed by atoms with Crippen LogP contribution in [0, 0.1) is 6.92 Å². The Morgan fingerprint density at radius 2 is 2.15 bits per heavy atom. The Balaban J connectivity index is 3.10. The van der Waals surface area contributed by atoms with Crippen LogP contribution in [0.3, 0.4) is 0 Å². The zero-order valence-corrected chi connectivity index (χ0v) is 9.43. The zero-order valence-electron chi connectivity index (χ0n) is 7.84. The summed E-state index contributed by atoms with van der Waals surface area (Å²) < 4.78 is 1.05. The van der Waals surface area contributed by atoms with E-state index in [9.17, 15) is 5.11 Å². The van der Waals surface area contributed by atoms with Gasteiger partial charge in [-0.1, -0.05) is 28.1 Å². The molecule has 1 unspecified atom stereocenters. The third-order valence-corrected chi connectivity index (χ3v) is 3.07. The standard InChI is InChI=1S/C10H14BrNO/c1-7-5-8(3-4-9(7)11)10(2,13)6-12/h3-5,13H,6,12H2,1-2H3. The van der Waals surface area contributed by atoms with Crippen molar-refractivity contribution < 1.29 is 5.11 Å². The van der Waals surface area contributed by atoms with E-state index in [2.05, 4.69) is 15.9 Å². The van der Waals surface area contributed by atoms with Gasteiger partial charge < -0.3 is 10.8 Å². The molecule has 2 nitrogen and oxygen atoms in total.